The third-order valence-electron chi connectivity index (χ3n) is 2.55. The molecule has 0 aliphatic rings. The minimum absolute atomic E-state index is 0.0281. The van der Waals surface area contributed by atoms with Crippen molar-refractivity contribution >= 4 is 37.3 Å². The topological polar surface area (TPSA) is 72.2 Å². The van der Waals surface area contributed by atoms with E-state index in [2.05, 4.69) is 20.7 Å². The second-order valence-corrected chi connectivity index (χ2v) is 8.20. The number of nitrogens with two attached hydrogens (primary N) is 1. The van der Waals surface area contributed by atoms with Gasteiger partial charge in [-0.1, -0.05) is 12.1 Å². The van der Waals surface area contributed by atoms with Crippen LogP contribution in [0.4, 0.5) is 4.39 Å². The first-order valence-corrected chi connectivity index (χ1v) is 8.74. The van der Waals surface area contributed by atoms with Crippen LogP contribution >= 0.6 is 27.3 Å². The number of hydrogen-bond donors (Lipinski definition) is 2. The molecule has 1 heterocycles. The van der Waals surface area contributed by atoms with Gasteiger partial charge in [0.1, 0.15) is 10.7 Å². The van der Waals surface area contributed by atoms with E-state index in [-0.39, 0.29) is 18.0 Å². The van der Waals surface area contributed by atoms with Crippen molar-refractivity contribution in [2.45, 2.75) is 18.0 Å². The molecule has 0 saturated carbocycles. The first-order valence-electron chi connectivity index (χ1n) is 5.65. The Kier molecular flexibility index (Phi) is 4.92. The second kappa shape index (κ2) is 6.31. The van der Waals surface area contributed by atoms with E-state index in [1.165, 1.54) is 35.6 Å². The molecule has 0 fully saturated rings. The van der Waals surface area contributed by atoms with Crippen molar-refractivity contribution in [3.05, 3.63) is 50.4 Å². The van der Waals surface area contributed by atoms with E-state index in [9.17, 15) is 12.8 Å². The summed E-state index contributed by atoms with van der Waals surface area (Å²) in [5.41, 5.74) is 6.04. The molecule has 0 unspecified atom stereocenters. The monoisotopic (exact) mass is 378 g/mol. The van der Waals surface area contributed by atoms with Crippen LogP contribution in [0.2, 0.25) is 0 Å². The fourth-order valence-corrected chi connectivity index (χ4v) is 5.16. The summed E-state index contributed by atoms with van der Waals surface area (Å²) in [5.74, 6) is -0.399. The highest BCUT2D eigenvalue weighted by molar-refractivity contribution is 9.11. The van der Waals surface area contributed by atoms with Crippen LogP contribution in [-0.2, 0) is 23.1 Å². The highest BCUT2D eigenvalue weighted by Gasteiger charge is 2.20. The molecule has 0 spiro atoms. The number of halogens is 2. The summed E-state index contributed by atoms with van der Waals surface area (Å²) in [6.45, 7) is 0.309. The maximum atomic E-state index is 13.0. The molecule has 0 bridgehead atoms. The van der Waals surface area contributed by atoms with E-state index in [1.54, 1.807) is 6.07 Å². The number of benzene rings is 1. The molecule has 3 N–H and O–H groups in total. The first-order chi connectivity index (χ1) is 9.42. The van der Waals surface area contributed by atoms with Crippen LogP contribution in [-0.4, -0.2) is 8.42 Å². The molecule has 8 heteroatoms. The highest BCUT2D eigenvalue weighted by Crippen LogP contribution is 2.31. The van der Waals surface area contributed by atoms with Gasteiger partial charge in [0, 0.05) is 18.0 Å². The van der Waals surface area contributed by atoms with E-state index in [1.807, 2.05) is 0 Å². The summed E-state index contributed by atoms with van der Waals surface area (Å²) >= 11 is 4.49. The molecule has 2 aromatic rings. The molecule has 2 rings (SSSR count). The average Bonchev–Trinajstić information content (AvgIpc) is 2.79. The van der Waals surface area contributed by atoms with Gasteiger partial charge in [-0.15, -0.1) is 11.3 Å². The Morgan fingerprint density at radius 3 is 2.70 bits per heavy atom. The second-order valence-electron chi connectivity index (χ2n) is 4.01. The van der Waals surface area contributed by atoms with Gasteiger partial charge in [-0.05, 0) is 39.7 Å². The van der Waals surface area contributed by atoms with Crippen LogP contribution in [0.25, 0.3) is 0 Å². The Hall–Kier alpha value is -0.800. The van der Waals surface area contributed by atoms with Crippen molar-refractivity contribution in [2.75, 3.05) is 0 Å². The molecule has 108 valence electrons. The molecule has 1 aromatic carbocycles. The van der Waals surface area contributed by atoms with Crippen LogP contribution in [0.1, 0.15) is 10.4 Å². The van der Waals surface area contributed by atoms with Crippen molar-refractivity contribution in [2.24, 2.45) is 5.73 Å². The molecule has 0 aliphatic carbocycles. The summed E-state index contributed by atoms with van der Waals surface area (Å²) in [7, 11) is -3.66. The van der Waals surface area contributed by atoms with Gasteiger partial charge >= 0.3 is 0 Å². The maximum absolute atomic E-state index is 13.0. The van der Waals surface area contributed by atoms with Gasteiger partial charge in [0.2, 0.25) is 10.0 Å². The van der Waals surface area contributed by atoms with Crippen molar-refractivity contribution in [1.82, 2.24) is 4.72 Å². The average molecular weight is 379 g/mol. The minimum atomic E-state index is -3.66. The Morgan fingerprint density at radius 2 is 2.10 bits per heavy atom. The Morgan fingerprint density at radius 1 is 1.35 bits per heavy atom. The maximum Gasteiger partial charge on any atom is 0.242 e. The smallest absolute Gasteiger partial charge is 0.242 e. The standard InChI is InChI=1S/C12H12BrFN2O2S2/c13-12-11(5-10(6-15)19-12)20(17,18)16-7-8-2-1-3-9(14)4-8/h1-5,16H,6-7,15H2. The van der Waals surface area contributed by atoms with Gasteiger partial charge in [0.25, 0.3) is 0 Å². The quantitative estimate of drug-likeness (QED) is 0.839. The van der Waals surface area contributed by atoms with Crippen molar-refractivity contribution in [3.63, 3.8) is 0 Å². The zero-order valence-corrected chi connectivity index (χ0v) is 13.5. The van der Waals surface area contributed by atoms with Crippen LogP contribution in [0.15, 0.2) is 39.0 Å². The molecule has 0 aliphatic heterocycles. The lowest BCUT2D eigenvalue weighted by Gasteiger charge is -2.06. The lowest BCUT2D eigenvalue weighted by molar-refractivity contribution is 0.580. The molecule has 0 saturated heterocycles. The van der Waals surface area contributed by atoms with Crippen LogP contribution in [0.3, 0.4) is 0 Å². The zero-order chi connectivity index (χ0) is 14.8. The molecular weight excluding hydrogens is 367 g/mol. The van der Waals surface area contributed by atoms with E-state index in [4.69, 9.17) is 5.73 Å². The third kappa shape index (κ3) is 3.64. The van der Waals surface area contributed by atoms with Crippen LogP contribution < -0.4 is 10.5 Å². The summed E-state index contributed by atoms with van der Waals surface area (Å²) < 4.78 is 40.3. The van der Waals surface area contributed by atoms with Gasteiger partial charge in [-0.3, -0.25) is 0 Å². The molecule has 0 amide bonds. The first kappa shape index (κ1) is 15.6. The zero-order valence-electron chi connectivity index (χ0n) is 10.3. The molecule has 0 atom stereocenters. The third-order valence-corrected chi connectivity index (χ3v) is 6.23. The van der Waals surface area contributed by atoms with Gasteiger partial charge in [-0.25, -0.2) is 17.5 Å². The lowest BCUT2D eigenvalue weighted by Crippen LogP contribution is -2.23. The summed E-state index contributed by atoms with van der Waals surface area (Å²) in [6.07, 6.45) is 0. The Balaban J connectivity index is 2.17. The van der Waals surface area contributed by atoms with Gasteiger partial charge < -0.3 is 5.73 Å². The van der Waals surface area contributed by atoms with Crippen molar-refractivity contribution in [1.29, 1.82) is 0 Å². The SMILES string of the molecule is NCc1cc(S(=O)(=O)NCc2cccc(F)c2)c(Br)s1. The van der Waals surface area contributed by atoms with E-state index in [0.29, 0.717) is 9.35 Å². The summed E-state index contributed by atoms with van der Waals surface area (Å²) in [4.78, 5) is 0.919. The Labute approximate surface area is 129 Å². The van der Waals surface area contributed by atoms with E-state index >= 15 is 0 Å². The fourth-order valence-electron chi connectivity index (χ4n) is 1.58. The van der Waals surface area contributed by atoms with Gasteiger partial charge in [-0.2, -0.15) is 0 Å². The molecular formula is C12H12BrFN2O2S2. The molecule has 4 nitrogen and oxygen atoms in total. The van der Waals surface area contributed by atoms with Gasteiger partial charge in [0.15, 0.2) is 0 Å². The van der Waals surface area contributed by atoms with E-state index < -0.39 is 15.8 Å². The normalized spacial score (nSPS) is 11.8. The molecule has 20 heavy (non-hydrogen) atoms. The number of sulfonamides is 1. The number of nitrogens with one attached hydrogen (secondary N) is 1. The molecule has 1 aromatic heterocycles. The largest absolute Gasteiger partial charge is 0.326 e. The van der Waals surface area contributed by atoms with Gasteiger partial charge in [0.05, 0.1) is 3.79 Å². The summed E-state index contributed by atoms with van der Waals surface area (Å²) in [5, 5.41) is 0. The Bertz CT molecular complexity index is 716. The number of hydrogen-bond acceptors (Lipinski definition) is 4. The van der Waals surface area contributed by atoms with Crippen LogP contribution in [0, 0.1) is 5.82 Å². The van der Waals surface area contributed by atoms with Crippen molar-refractivity contribution < 1.29 is 12.8 Å². The van der Waals surface area contributed by atoms with Crippen LogP contribution in [0.5, 0.6) is 0 Å². The predicted molar refractivity (Wildman–Crippen MR) is 80.3 cm³/mol. The number of rotatable bonds is 5. The summed E-state index contributed by atoms with van der Waals surface area (Å²) in [6, 6.07) is 7.31. The number of thiophene rings is 1. The fraction of sp³-hybridized carbons (Fsp3) is 0.167. The lowest BCUT2D eigenvalue weighted by atomic mass is 10.2. The van der Waals surface area contributed by atoms with E-state index in [0.717, 1.165) is 4.88 Å². The molecule has 0 radical (unpaired) electrons. The highest BCUT2D eigenvalue weighted by atomic mass is 79.9. The van der Waals surface area contributed by atoms with Crippen molar-refractivity contribution in [3.8, 4) is 0 Å². The minimum Gasteiger partial charge on any atom is -0.326 e. The predicted octanol–water partition coefficient (Wildman–Crippen LogP) is 2.59.